The zero-order chi connectivity index (χ0) is 23.8. The highest BCUT2D eigenvalue weighted by atomic mass is 79.9. The summed E-state index contributed by atoms with van der Waals surface area (Å²) < 4.78 is 12.4. The van der Waals surface area contributed by atoms with Crippen molar-refractivity contribution in [2.45, 2.75) is 20.5 Å². The summed E-state index contributed by atoms with van der Waals surface area (Å²) in [6.07, 6.45) is 1.52. The van der Waals surface area contributed by atoms with E-state index in [0.717, 1.165) is 11.1 Å². The van der Waals surface area contributed by atoms with Crippen LogP contribution in [0.2, 0.25) is 5.02 Å². The molecular weight excluding hydrogens is 504 g/mol. The first-order valence-corrected chi connectivity index (χ1v) is 11.4. The van der Waals surface area contributed by atoms with Crippen LogP contribution in [0.25, 0.3) is 6.08 Å². The minimum atomic E-state index is -0.482. The van der Waals surface area contributed by atoms with Crippen LogP contribution in [0.1, 0.15) is 23.6 Å². The van der Waals surface area contributed by atoms with Crippen molar-refractivity contribution in [1.82, 2.24) is 0 Å². The van der Waals surface area contributed by atoms with E-state index in [4.69, 9.17) is 21.1 Å². The third kappa shape index (κ3) is 6.61. The fraction of sp³-hybridized carbons (Fsp3) is 0.154. The number of hydrogen-bond donors (Lipinski definition) is 1. The number of nitrogens with zero attached hydrogens (tertiary/aromatic N) is 1. The lowest BCUT2D eigenvalue weighted by molar-refractivity contribution is -0.112. The van der Waals surface area contributed by atoms with Gasteiger partial charge in [0.1, 0.15) is 18.2 Å². The molecule has 1 N–H and O–H groups in total. The summed E-state index contributed by atoms with van der Waals surface area (Å²) in [5.74, 6) is 0.555. The fourth-order valence-electron chi connectivity index (χ4n) is 3.03. The number of hydrogen-bond acceptors (Lipinski definition) is 4. The van der Waals surface area contributed by atoms with Crippen molar-refractivity contribution in [2.75, 3.05) is 11.9 Å². The normalized spacial score (nSPS) is 10.9. The van der Waals surface area contributed by atoms with Crippen LogP contribution in [0.15, 0.2) is 70.7 Å². The average Bonchev–Trinajstić information content (AvgIpc) is 2.79. The van der Waals surface area contributed by atoms with Crippen LogP contribution in [-0.4, -0.2) is 12.5 Å². The fourth-order valence-corrected chi connectivity index (χ4v) is 3.73. The van der Waals surface area contributed by atoms with Gasteiger partial charge in [-0.05, 0) is 82.9 Å². The molecule has 3 rings (SSSR count). The Kier molecular flexibility index (Phi) is 8.53. The summed E-state index contributed by atoms with van der Waals surface area (Å²) in [4.78, 5) is 12.7. The number of aryl methyl sites for hydroxylation is 1. The monoisotopic (exact) mass is 524 g/mol. The SMILES string of the molecule is CCOc1cc(/C=C(/C#N)C(=O)Nc2ccccc2C)cc(Br)c1OCc1ccc(Cl)cc1. The number of ether oxygens (including phenoxy) is 2. The third-order valence-electron chi connectivity index (χ3n) is 4.70. The zero-order valence-electron chi connectivity index (χ0n) is 18.2. The van der Waals surface area contributed by atoms with Gasteiger partial charge in [-0.1, -0.05) is 41.9 Å². The van der Waals surface area contributed by atoms with Gasteiger partial charge in [0, 0.05) is 10.7 Å². The number of amides is 1. The molecule has 3 aromatic rings. The smallest absolute Gasteiger partial charge is 0.266 e. The number of halogens is 2. The topological polar surface area (TPSA) is 71.3 Å². The largest absolute Gasteiger partial charge is 0.490 e. The molecule has 3 aromatic carbocycles. The van der Waals surface area contributed by atoms with Gasteiger partial charge >= 0.3 is 0 Å². The van der Waals surface area contributed by atoms with Crippen molar-refractivity contribution in [3.05, 3.63) is 92.4 Å². The number of anilines is 1. The van der Waals surface area contributed by atoms with E-state index in [9.17, 15) is 10.1 Å². The van der Waals surface area contributed by atoms with Crippen LogP contribution < -0.4 is 14.8 Å². The number of para-hydroxylation sites is 1. The van der Waals surface area contributed by atoms with Crippen LogP contribution in [-0.2, 0) is 11.4 Å². The van der Waals surface area contributed by atoms with E-state index in [-0.39, 0.29) is 5.57 Å². The van der Waals surface area contributed by atoms with Crippen molar-refractivity contribution in [1.29, 1.82) is 5.26 Å². The molecule has 0 aliphatic carbocycles. The maximum absolute atomic E-state index is 12.7. The molecule has 7 heteroatoms. The maximum Gasteiger partial charge on any atom is 0.266 e. The standard InChI is InChI=1S/C26H22BrClN2O3/c1-3-32-24-14-19(12-20(15-29)26(31)30-23-7-5-4-6-17(23)2)13-22(27)25(24)33-16-18-8-10-21(28)11-9-18/h4-14H,3,16H2,1-2H3,(H,30,31)/b20-12-. The van der Waals surface area contributed by atoms with Gasteiger partial charge in [0.15, 0.2) is 11.5 Å². The van der Waals surface area contributed by atoms with Crippen molar-refractivity contribution >= 4 is 45.2 Å². The summed E-state index contributed by atoms with van der Waals surface area (Å²) in [6.45, 7) is 4.51. The number of carbonyl (C=O) groups excluding carboxylic acids is 1. The van der Waals surface area contributed by atoms with Crippen LogP contribution in [0.4, 0.5) is 5.69 Å². The Morgan fingerprint density at radius 3 is 2.55 bits per heavy atom. The Morgan fingerprint density at radius 2 is 1.88 bits per heavy atom. The highest BCUT2D eigenvalue weighted by Crippen LogP contribution is 2.38. The zero-order valence-corrected chi connectivity index (χ0v) is 20.5. The second kappa shape index (κ2) is 11.6. The van der Waals surface area contributed by atoms with E-state index in [1.165, 1.54) is 6.08 Å². The molecule has 33 heavy (non-hydrogen) atoms. The molecule has 168 valence electrons. The lowest BCUT2D eigenvalue weighted by Crippen LogP contribution is -2.14. The van der Waals surface area contributed by atoms with Crippen molar-refractivity contribution in [2.24, 2.45) is 0 Å². The number of nitrogens with one attached hydrogen (secondary N) is 1. The molecule has 0 saturated heterocycles. The molecule has 5 nitrogen and oxygen atoms in total. The highest BCUT2D eigenvalue weighted by Gasteiger charge is 2.15. The number of rotatable bonds is 8. The molecule has 0 aliphatic heterocycles. The summed E-state index contributed by atoms with van der Waals surface area (Å²) in [5.41, 5.74) is 3.12. The molecule has 0 bridgehead atoms. The minimum absolute atomic E-state index is 0.0255. The molecular formula is C26H22BrClN2O3. The van der Waals surface area contributed by atoms with E-state index in [1.807, 2.05) is 50.2 Å². The van der Waals surface area contributed by atoms with Crippen LogP contribution in [0.5, 0.6) is 11.5 Å². The van der Waals surface area contributed by atoms with Gasteiger partial charge in [-0.25, -0.2) is 0 Å². The number of nitriles is 1. The van der Waals surface area contributed by atoms with Gasteiger partial charge in [-0.15, -0.1) is 0 Å². The molecule has 0 aromatic heterocycles. The first kappa shape index (κ1) is 24.4. The van der Waals surface area contributed by atoms with E-state index < -0.39 is 5.91 Å². The lowest BCUT2D eigenvalue weighted by Gasteiger charge is -2.15. The summed E-state index contributed by atoms with van der Waals surface area (Å²) >= 11 is 9.47. The van der Waals surface area contributed by atoms with Gasteiger partial charge in [0.05, 0.1) is 11.1 Å². The predicted octanol–water partition coefficient (Wildman–Crippen LogP) is 6.93. The van der Waals surface area contributed by atoms with E-state index >= 15 is 0 Å². The van der Waals surface area contributed by atoms with Crippen LogP contribution in [0, 0.1) is 18.3 Å². The van der Waals surface area contributed by atoms with Crippen molar-refractivity contribution in [3.8, 4) is 17.6 Å². The molecule has 0 unspecified atom stereocenters. The molecule has 0 heterocycles. The van der Waals surface area contributed by atoms with E-state index in [1.54, 1.807) is 30.3 Å². The predicted molar refractivity (Wildman–Crippen MR) is 134 cm³/mol. The highest BCUT2D eigenvalue weighted by molar-refractivity contribution is 9.10. The summed E-state index contributed by atoms with van der Waals surface area (Å²) in [5, 5.41) is 13.0. The van der Waals surface area contributed by atoms with E-state index in [0.29, 0.717) is 45.5 Å². The second-order valence-corrected chi connectivity index (χ2v) is 8.41. The van der Waals surface area contributed by atoms with Gasteiger partial charge in [0.2, 0.25) is 0 Å². The van der Waals surface area contributed by atoms with Crippen LogP contribution in [0.3, 0.4) is 0 Å². The minimum Gasteiger partial charge on any atom is -0.490 e. The summed E-state index contributed by atoms with van der Waals surface area (Å²) in [6, 6.07) is 20.3. The molecule has 0 aliphatic rings. The second-order valence-electron chi connectivity index (χ2n) is 7.12. The molecule has 0 fully saturated rings. The molecule has 0 atom stereocenters. The van der Waals surface area contributed by atoms with E-state index in [2.05, 4.69) is 21.2 Å². The molecule has 0 spiro atoms. The molecule has 0 radical (unpaired) electrons. The molecule has 1 amide bonds. The van der Waals surface area contributed by atoms with Gasteiger partial charge in [0.25, 0.3) is 5.91 Å². The molecule has 0 saturated carbocycles. The summed E-state index contributed by atoms with van der Waals surface area (Å²) in [7, 11) is 0. The Labute approximate surface area is 206 Å². The third-order valence-corrected chi connectivity index (χ3v) is 5.54. The van der Waals surface area contributed by atoms with Crippen LogP contribution >= 0.6 is 27.5 Å². The Morgan fingerprint density at radius 1 is 1.15 bits per heavy atom. The number of benzene rings is 3. The van der Waals surface area contributed by atoms with Crippen molar-refractivity contribution < 1.29 is 14.3 Å². The average molecular weight is 526 g/mol. The Bertz CT molecular complexity index is 1220. The van der Waals surface area contributed by atoms with Gasteiger partial charge < -0.3 is 14.8 Å². The Balaban J connectivity index is 1.85. The van der Waals surface area contributed by atoms with Gasteiger partial charge in [-0.2, -0.15) is 5.26 Å². The maximum atomic E-state index is 12.7. The van der Waals surface area contributed by atoms with Gasteiger partial charge in [-0.3, -0.25) is 4.79 Å². The van der Waals surface area contributed by atoms with Crippen molar-refractivity contribution in [3.63, 3.8) is 0 Å². The number of carbonyl (C=O) groups is 1. The first-order valence-electron chi connectivity index (χ1n) is 10.2. The first-order chi connectivity index (χ1) is 15.9. The lowest BCUT2D eigenvalue weighted by atomic mass is 10.1. The Hall–Kier alpha value is -3.27. The quantitative estimate of drug-likeness (QED) is 0.256.